The van der Waals surface area contributed by atoms with Crippen LogP contribution in [0.4, 0.5) is 10.5 Å². The van der Waals surface area contributed by atoms with E-state index in [2.05, 4.69) is 39.6 Å². The molecule has 1 aliphatic rings. The minimum absolute atomic E-state index is 0.146. The van der Waals surface area contributed by atoms with Crippen LogP contribution in [0.25, 0.3) is 21.9 Å². The van der Waals surface area contributed by atoms with Gasteiger partial charge in [-0.1, -0.05) is 62.4 Å². The molecule has 1 fully saturated rings. The fourth-order valence-electron chi connectivity index (χ4n) is 4.54. The van der Waals surface area contributed by atoms with Crippen molar-refractivity contribution in [2.24, 2.45) is 5.92 Å². The van der Waals surface area contributed by atoms with Crippen molar-refractivity contribution in [3.05, 3.63) is 66.7 Å². The molecule has 1 aliphatic heterocycles. The first kappa shape index (κ1) is 24.3. The zero-order valence-electron chi connectivity index (χ0n) is 20.3. The Morgan fingerprint density at radius 2 is 1.66 bits per heavy atom. The summed E-state index contributed by atoms with van der Waals surface area (Å²) in [6.45, 7) is 4.17. The monoisotopic (exact) mass is 473 g/mol. The van der Waals surface area contributed by atoms with Crippen LogP contribution in [0.5, 0.6) is 0 Å². The summed E-state index contributed by atoms with van der Waals surface area (Å²) in [5.41, 5.74) is 2.97. The fraction of sp³-hybridized carbons (Fsp3) is 0.321. The molecule has 0 spiro atoms. The molecule has 0 aliphatic carbocycles. The molecule has 0 unspecified atom stereocenters. The summed E-state index contributed by atoms with van der Waals surface area (Å²) >= 11 is 0. The number of nitrogens with one attached hydrogen (secondary N) is 2. The molecule has 182 valence electrons. The van der Waals surface area contributed by atoms with Gasteiger partial charge in [-0.2, -0.15) is 0 Å². The van der Waals surface area contributed by atoms with Crippen molar-refractivity contribution in [3.8, 4) is 11.1 Å². The van der Waals surface area contributed by atoms with Gasteiger partial charge < -0.3 is 20.3 Å². The predicted molar refractivity (Wildman–Crippen MR) is 137 cm³/mol. The number of benzene rings is 3. The average Bonchev–Trinajstić information content (AvgIpc) is 3.37. The Hall–Kier alpha value is -3.87. The number of hydrogen-bond donors (Lipinski definition) is 2. The molecule has 0 saturated carbocycles. The Morgan fingerprint density at radius 3 is 2.37 bits per heavy atom. The topological polar surface area (TPSA) is 87.7 Å². The normalized spacial score (nSPS) is 16.2. The molecule has 0 aromatic heterocycles. The van der Waals surface area contributed by atoms with Gasteiger partial charge >= 0.3 is 6.09 Å². The summed E-state index contributed by atoms with van der Waals surface area (Å²) in [5, 5.41) is 7.68. The van der Waals surface area contributed by atoms with Crippen molar-refractivity contribution in [1.29, 1.82) is 0 Å². The molecule has 1 saturated heterocycles. The maximum Gasteiger partial charge on any atom is 0.407 e. The SMILES string of the molecule is COC(=O)N[C@H](C(=O)N1CCC[C@H]1C(=O)Nc1ccc2cc(-c3ccccc3)ccc2c1)C(C)C. The highest BCUT2D eigenvalue weighted by Crippen LogP contribution is 2.27. The van der Waals surface area contributed by atoms with Crippen molar-refractivity contribution in [1.82, 2.24) is 10.2 Å². The number of alkyl carbamates (subject to hydrolysis) is 1. The van der Waals surface area contributed by atoms with Crippen molar-refractivity contribution in [3.63, 3.8) is 0 Å². The maximum atomic E-state index is 13.2. The van der Waals surface area contributed by atoms with Crippen LogP contribution >= 0.6 is 0 Å². The molecule has 7 heteroatoms. The predicted octanol–water partition coefficient (Wildman–Crippen LogP) is 4.82. The van der Waals surface area contributed by atoms with E-state index in [4.69, 9.17) is 0 Å². The maximum absolute atomic E-state index is 13.2. The Balaban J connectivity index is 1.48. The zero-order chi connectivity index (χ0) is 24.9. The molecule has 3 aromatic carbocycles. The van der Waals surface area contributed by atoms with Crippen LogP contribution in [0.1, 0.15) is 26.7 Å². The van der Waals surface area contributed by atoms with Crippen molar-refractivity contribution >= 4 is 34.4 Å². The van der Waals surface area contributed by atoms with Gasteiger partial charge in [0.1, 0.15) is 12.1 Å². The summed E-state index contributed by atoms with van der Waals surface area (Å²) in [6.07, 6.45) is 0.644. The smallest absolute Gasteiger partial charge is 0.407 e. The van der Waals surface area contributed by atoms with Gasteiger partial charge in [0.25, 0.3) is 0 Å². The molecule has 0 bridgehead atoms. The number of ether oxygens (including phenoxy) is 1. The third kappa shape index (κ3) is 5.45. The molecule has 2 atom stereocenters. The number of hydrogen-bond acceptors (Lipinski definition) is 4. The number of anilines is 1. The fourth-order valence-corrected chi connectivity index (χ4v) is 4.54. The van der Waals surface area contributed by atoms with Crippen molar-refractivity contribution < 1.29 is 19.1 Å². The lowest BCUT2D eigenvalue weighted by Crippen LogP contribution is -2.54. The summed E-state index contributed by atoms with van der Waals surface area (Å²) in [4.78, 5) is 39.7. The van der Waals surface area contributed by atoms with Gasteiger partial charge in [0.05, 0.1) is 7.11 Å². The summed E-state index contributed by atoms with van der Waals surface area (Å²) in [5.74, 6) is -0.640. The van der Waals surface area contributed by atoms with Crippen LogP contribution in [0.3, 0.4) is 0 Å². The standard InChI is InChI=1S/C28H31N3O4/c1-18(2)25(30-28(34)35-3)27(33)31-15-7-10-24(31)26(32)29-23-14-13-21-16-20(11-12-22(21)17-23)19-8-5-4-6-9-19/h4-6,8-9,11-14,16-18,24-25H,7,10,15H2,1-3H3,(H,29,32)(H,30,34)/t24-,25-/m0/s1. The lowest BCUT2D eigenvalue weighted by atomic mass is 10.0. The van der Waals surface area contributed by atoms with E-state index in [1.54, 1.807) is 4.90 Å². The molecule has 2 N–H and O–H groups in total. The number of carbonyl (C=O) groups is 3. The van der Waals surface area contributed by atoms with Crippen LogP contribution in [-0.4, -0.2) is 48.5 Å². The third-order valence-corrected chi connectivity index (χ3v) is 6.44. The molecule has 0 radical (unpaired) electrons. The molecule has 3 aromatic rings. The number of nitrogens with zero attached hydrogens (tertiary/aromatic N) is 1. The number of rotatable bonds is 6. The largest absolute Gasteiger partial charge is 0.453 e. The lowest BCUT2D eigenvalue weighted by Gasteiger charge is -2.30. The van der Waals surface area contributed by atoms with Crippen molar-refractivity contribution in [2.45, 2.75) is 38.8 Å². The van der Waals surface area contributed by atoms with E-state index in [-0.39, 0.29) is 17.7 Å². The van der Waals surface area contributed by atoms with Crippen LogP contribution in [0, 0.1) is 5.92 Å². The second-order valence-electron chi connectivity index (χ2n) is 9.18. The van der Waals surface area contributed by atoms with E-state index < -0.39 is 18.2 Å². The Bertz CT molecular complexity index is 1230. The van der Waals surface area contributed by atoms with Gasteiger partial charge in [-0.3, -0.25) is 9.59 Å². The van der Waals surface area contributed by atoms with E-state index in [0.717, 1.165) is 28.3 Å². The third-order valence-electron chi connectivity index (χ3n) is 6.44. The quantitative estimate of drug-likeness (QED) is 0.538. The summed E-state index contributed by atoms with van der Waals surface area (Å²) in [6, 6.07) is 20.9. The van der Waals surface area contributed by atoms with Crippen LogP contribution in [0.2, 0.25) is 0 Å². The van der Waals surface area contributed by atoms with E-state index in [1.165, 1.54) is 7.11 Å². The summed E-state index contributed by atoms with van der Waals surface area (Å²) < 4.78 is 4.66. The zero-order valence-corrected chi connectivity index (χ0v) is 20.3. The van der Waals surface area contributed by atoms with Crippen LogP contribution in [-0.2, 0) is 14.3 Å². The van der Waals surface area contributed by atoms with E-state index in [9.17, 15) is 14.4 Å². The Kier molecular flexibility index (Phi) is 7.34. The minimum Gasteiger partial charge on any atom is -0.453 e. The van der Waals surface area contributed by atoms with Gasteiger partial charge in [0, 0.05) is 12.2 Å². The molecule has 7 nitrogen and oxygen atoms in total. The first-order valence-corrected chi connectivity index (χ1v) is 11.9. The summed E-state index contributed by atoms with van der Waals surface area (Å²) in [7, 11) is 1.26. The molecular weight excluding hydrogens is 442 g/mol. The van der Waals surface area contributed by atoms with Crippen molar-refractivity contribution in [2.75, 3.05) is 19.0 Å². The van der Waals surface area contributed by atoms with Gasteiger partial charge in [-0.05, 0) is 58.9 Å². The van der Waals surface area contributed by atoms with E-state index in [0.29, 0.717) is 18.7 Å². The van der Waals surface area contributed by atoms with Gasteiger partial charge in [-0.15, -0.1) is 0 Å². The van der Waals surface area contributed by atoms with Gasteiger partial charge in [0.2, 0.25) is 11.8 Å². The lowest BCUT2D eigenvalue weighted by molar-refractivity contribution is -0.139. The van der Waals surface area contributed by atoms with E-state index in [1.807, 2.05) is 56.3 Å². The molecule has 3 amide bonds. The Morgan fingerprint density at radius 1 is 0.943 bits per heavy atom. The highest BCUT2D eigenvalue weighted by molar-refractivity contribution is 6.00. The highest BCUT2D eigenvalue weighted by atomic mass is 16.5. The van der Waals surface area contributed by atoms with E-state index >= 15 is 0 Å². The number of amides is 3. The Labute approximate surface area is 205 Å². The number of methoxy groups -OCH3 is 1. The number of fused-ring (bicyclic) bond motifs is 1. The second kappa shape index (κ2) is 10.6. The number of carbonyl (C=O) groups excluding carboxylic acids is 3. The molecule has 1 heterocycles. The first-order valence-electron chi connectivity index (χ1n) is 11.9. The number of likely N-dealkylation sites (tertiary alicyclic amines) is 1. The van der Waals surface area contributed by atoms with Gasteiger partial charge in [-0.25, -0.2) is 4.79 Å². The van der Waals surface area contributed by atoms with Crippen LogP contribution in [0.15, 0.2) is 66.7 Å². The molecule has 4 rings (SSSR count). The highest BCUT2D eigenvalue weighted by Gasteiger charge is 2.38. The van der Waals surface area contributed by atoms with Crippen LogP contribution < -0.4 is 10.6 Å². The van der Waals surface area contributed by atoms with Gasteiger partial charge in [0.15, 0.2) is 0 Å². The molecular formula is C28H31N3O4. The minimum atomic E-state index is -0.754. The molecule has 35 heavy (non-hydrogen) atoms. The second-order valence-corrected chi connectivity index (χ2v) is 9.18. The average molecular weight is 474 g/mol. The first-order chi connectivity index (χ1) is 16.9.